The fourth-order valence-electron chi connectivity index (χ4n) is 1.95. The molecule has 0 unspecified atom stereocenters. The van der Waals surface area contributed by atoms with Gasteiger partial charge in [0.1, 0.15) is 0 Å². The molecule has 3 heteroatoms. The smallest absolute Gasteiger partial charge is 0.0733 e. The topological polar surface area (TPSA) is 35.8 Å². The largest absolute Gasteiger partial charge is 0.411 e. The van der Waals surface area contributed by atoms with Gasteiger partial charge in [-0.1, -0.05) is 11.2 Å². The van der Waals surface area contributed by atoms with Crippen LogP contribution < -0.4 is 4.90 Å². The molecule has 3 nitrogen and oxygen atoms in total. The van der Waals surface area contributed by atoms with Crippen LogP contribution in [0.3, 0.4) is 0 Å². The summed E-state index contributed by atoms with van der Waals surface area (Å²) in [6.07, 6.45) is 3.78. The van der Waals surface area contributed by atoms with Crippen molar-refractivity contribution in [3.8, 4) is 0 Å². The molecule has 74 valence electrons. The lowest BCUT2D eigenvalue weighted by Crippen LogP contribution is -2.24. The molecule has 0 radical (unpaired) electrons. The zero-order chi connectivity index (χ0) is 9.97. The molecule has 0 fully saturated rings. The molecule has 0 saturated carbocycles. The highest BCUT2D eigenvalue weighted by molar-refractivity contribution is 5.80. The van der Waals surface area contributed by atoms with Gasteiger partial charge in [-0.25, -0.2) is 0 Å². The molecule has 1 aromatic carbocycles. The van der Waals surface area contributed by atoms with Crippen LogP contribution in [0.1, 0.15) is 17.5 Å². The summed E-state index contributed by atoms with van der Waals surface area (Å²) >= 11 is 0. The van der Waals surface area contributed by atoms with Crippen LogP contribution >= 0.6 is 0 Å². The molecule has 0 aliphatic carbocycles. The quantitative estimate of drug-likeness (QED) is 0.417. The number of anilines is 1. The minimum Gasteiger partial charge on any atom is -0.411 e. The fourth-order valence-corrected chi connectivity index (χ4v) is 1.95. The Morgan fingerprint density at radius 2 is 2.36 bits per heavy atom. The predicted octanol–water partition coefficient (Wildman–Crippen LogP) is 1.88. The van der Waals surface area contributed by atoms with Crippen LogP contribution in [-0.2, 0) is 6.42 Å². The Balaban J connectivity index is 2.38. The maximum Gasteiger partial charge on any atom is 0.0733 e. The normalized spacial score (nSPS) is 15.9. The Morgan fingerprint density at radius 3 is 3.14 bits per heavy atom. The van der Waals surface area contributed by atoms with E-state index in [1.807, 2.05) is 6.07 Å². The Bertz CT molecular complexity index is 360. The van der Waals surface area contributed by atoms with E-state index in [0.717, 1.165) is 18.5 Å². The molecule has 0 amide bonds. The zero-order valence-corrected chi connectivity index (χ0v) is 8.27. The van der Waals surface area contributed by atoms with Gasteiger partial charge in [0.15, 0.2) is 0 Å². The molecule has 0 bridgehead atoms. The van der Waals surface area contributed by atoms with E-state index in [1.54, 1.807) is 0 Å². The molecule has 1 aromatic rings. The SMILES string of the molecule is CN1CCCc2cc(C=NO)ccc21. The first-order valence-corrected chi connectivity index (χ1v) is 4.83. The highest BCUT2D eigenvalue weighted by atomic mass is 16.4. The van der Waals surface area contributed by atoms with Crippen LogP contribution in [0.2, 0.25) is 0 Å². The van der Waals surface area contributed by atoms with Crippen LogP contribution in [0.15, 0.2) is 23.4 Å². The second kappa shape index (κ2) is 3.70. The molecule has 0 saturated heterocycles. The third kappa shape index (κ3) is 1.58. The average molecular weight is 190 g/mol. The van der Waals surface area contributed by atoms with Crippen molar-refractivity contribution in [3.05, 3.63) is 29.3 Å². The average Bonchev–Trinajstić information content (AvgIpc) is 2.18. The third-order valence-electron chi connectivity index (χ3n) is 2.66. The van der Waals surface area contributed by atoms with Crippen LogP contribution in [-0.4, -0.2) is 25.0 Å². The lowest BCUT2D eigenvalue weighted by atomic mass is 10.00. The van der Waals surface area contributed by atoms with Crippen molar-refractivity contribution in [3.63, 3.8) is 0 Å². The highest BCUT2D eigenvalue weighted by Crippen LogP contribution is 2.26. The summed E-state index contributed by atoms with van der Waals surface area (Å²) in [4.78, 5) is 2.26. The highest BCUT2D eigenvalue weighted by Gasteiger charge is 2.12. The van der Waals surface area contributed by atoms with Crippen molar-refractivity contribution >= 4 is 11.9 Å². The van der Waals surface area contributed by atoms with Crippen LogP contribution in [0.5, 0.6) is 0 Å². The molecule has 1 aliphatic heterocycles. The standard InChI is InChI=1S/C11H14N2O/c1-13-6-2-3-10-7-9(8-12-14)4-5-11(10)13/h4-5,7-8,14H,2-3,6H2,1H3. The summed E-state index contributed by atoms with van der Waals surface area (Å²) in [5.41, 5.74) is 3.60. The van der Waals surface area contributed by atoms with E-state index in [4.69, 9.17) is 5.21 Å². The van der Waals surface area contributed by atoms with Gasteiger partial charge in [0, 0.05) is 19.3 Å². The molecular weight excluding hydrogens is 176 g/mol. The van der Waals surface area contributed by atoms with Gasteiger partial charge in [-0.3, -0.25) is 0 Å². The number of hydrogen-bond acceptors (Lipinski definition) is 3. The number of hydrogen-bond donors (Lipinski definition) is 1. The number of rotatable bonds is 1. The lowest BCUT2D eigenvalue weighted by Gasteiger charge is -2.27. The summed E-state index contributed by atoms with van der Waals surface area (Å²) in [5.74, 6) is 0. The Labute approximate surface area is 83.7 Å². The van der Waals surface area contributed by atoms with Gasteiger partial charge in [0.05, 0.1) is 6.21 Å². The minimum absolute atomic E-state index is 0.960. The van der Waals surface area contributed by atoms with Gasteiger partial charge < -0.3 is 10.1 Å². The number of nitrogens with zero attached hydrogens (tertiary/aromatic N) is 2. The van der Waals surface area contributed by atoms with Gasteiger partial charge >= 0.3 is 0 Å². The first-order valence-electron chi connectivity index (χ1n) is 4.83. The molecular formula is C11H14N2O. The Hall–Kier alpha value is -1.51. The summed E-state index contributed by atoms with van der Waals surface area (Å²) in [7, 11) is 2.11. The van der Waals surface area contributed by atoms with Gasteiger partial charge in [0.2, 0.25) is 0 Å². The van der Waals surface area contributed by atoms with Crippen LogP contribution in [0.4, 0.5) is 5.69 Å². The second-order valence-corrected chi connectivity index (χ2v) is 3.66. The molecule has 1 heterocycles. The third-order valence-corrected chi connectivity index (χ3v) is 2.66. The first-order chi connectivity index (χ1) is 6.81. The minimum atomic E-state index is 0.960. The molecule has 14 heavy (non-hydrogen) atoms. The van der Waals surface area contributed by atoms with Crippen molar-refractivity contribution in [2.45, 2.75) is 12.8 Å². The van der Waals surface area contributed by atoms with Crippen molar-refractivity contribution in [1.29, 1.82) is 0 Å². The number of benzene rings is 1. The number of aryl methyl sites for hydroxylation is 1. The summed E-state index contributed by atoms with van der Waals surface area (Å²) in [5, 5.41) is 11.5. The second-order valence-electron chi connectivity index (χ2n) is 3.66. The molecule has 2 rings (SSSR count). The fraction of sp³-hybridized carbons (Fsp3) is 0.364. The Kier molecular flexibility index (Phi) is 2.39. The van der Waals surface area contributed by atoms with Crippen LogP contribution in [0.25, 0.3) is 0 Å². The molecule has 0 atom stereocenters. The number of fused-ring (bicyclic) bond motifs is 1. The molecule has 0 aromatic heterocycles. The van der Waals surface area contributed by atoms with Crippen molar-refractivity contribution in [2.24, 2.45) is 5.16 Å². The summed E-state index contributed by atoms with van der Waals surface area (Å²) in [6, 6.07) is 6.15. The van der Waals surface area contributed by atoms with Crippen LogP contribution in [0, 0.1) is 0 Å². The zero-order valence-electron chi connectivity index (χ0n) is 8.27. The molecule has 1 aliphatic rings. The van der Waals surface area contributed by atoms with Crippen molar-refractivity contribution < 1.29 is 5.21 Å². The van der Waals surface area contributed by atoms with E-state index in [2.05, 4.69) is 29.2 Å². The predicted molar refractivity (Wildman–Crippen MR) is 57.4 cm³/mol. The van der Waals surface area contributed by atoms with Crippen molar-refractivity contribution in [1.82, 2.24) is 0 Å². The monoisotopic (exact) mass is 190 g/mol. The molecule has 0 spiro atoms. The maximum absolute atomic E-state index is 8.43. The molecule has 1 N–H and O–H groups in total. The van der Waals surface area contributed by atoms with E-state index < -0.39 is 0 Å². The first kappa shape index (κ1) is 9.06. The van der Waals surface area contributed by atoms with Crippen molar-refractivity contribution in [2.75, 3.05) is 18.5 Å². The van der Waals surface area contributed by atoms with Gasteiger partial charge in [-0.15, -0.1) is 0 Å². The van der Waals surface area contributed by atoms with E-state index in [9.17, 15) is 0 Å². The van der Waals surface area contributed by atoms with E-state index in [1.165, 1.54) is 23.9 Å². The number of oxime groups is 1. The van der Waals surface area contributed by atoms with E-state index in [0.29, 0.717) is 0 Å². The summed E-state index contributed by atoms with van der Waals surface area (Å²) in [6.45, 7) is 1.13. The van der Waals surface area contributed by atoms with Gasteiger partial charge in [0.25, 0.3) is 0 Å². The van der Waals surface area contributed by atoms with Gasteiger partial charge in [-0.2, -0.15) is 0 Å². The van der Waals surface area contributed by atoms with Gasteiger partial charge in [-0.05, 0) is 36.1 Å². The van der Waals surface area contributed by atoms with E-state index >= 15 is 0 Å². The summed E-state index contributed by atoms with van der Waals surface area (Å²) < 4.78 is 0. The van der Waals surface area contributed by atoms with E-state index in [-0.39, 0.29) is 0 Å². The Morgan fingerprint density at radius 1 is 1.50 bits per heavy atom. The maximum atomic E-state index is 8.43. The lowest BCUT2D eigenvalue weighted by molar-refractivity contribution is 0.322.